The van der Waals surface area contributed by atoms with E-state index in [9.17, 15) is 14.3 Å². The SMILES string of the molecule is CC(C)c1ccc(/C=C(/C(=O)O)c2ccc(F)cc2)cc1. The molecular formula is C18H17FO2. The molecule has 0 aliphatic carbocycles. The molecule has 0 atom stereocenters. The van der Waals surface area contributed by atoms with Gasteiger partial charge in [0.05, 0.1) is 5.57 Å². The lowest BCUT2D eigenvalue weighted by atomic mass is 9.99. The minimum Gasteiger partial charge on any atom is -0.478 e. The summed E-state index contributed by atoms with van der Waals surface area (Å²) in [5.74, 6) is -0.988. The van der Waals surface area contributed by atoms with Gasteiger partial charge < -0.3 is 5.11 Å². The lowest BCUT2D eigenvalue weighted by molar-refractivity contribution is -0.130. The smallest absolute Gasteiger partial charge is 0.336 e. The van der Waals surface area contributed by atoms with Gasteiger partial charge in [-0.1, -0.05) is 50.2 Å². The highest BCUT2D eigenvalue weighted by molar-refractivity contribution is 6.20. The molecule has 2 aromatic carbocycles. The van der Waals surface area contributed by atoms with Gasteiger partial charge in [-0.3, -0.25) is 0 Å². The molecule has 0 bridgehead atoms. The van der Waals surface area contributed by atoms with Gasteiger partial charge in [-0.2, -0.15) is 0 Å². The topological polar surface area (TPSA) is 37.3 Å². The van der Waals surface area contributed by atoms with E-state index < -0.39 is 5.97 Å². The average molecular weight is 284 g/mol. The zero-order valence-electron chi connectivity index (χ0n) is 12.0. The highest BCUT2D eigenvalue weighted by Gasteiger charge is 2.10. The first-order valence-corrected chi connectivity index (χ1v) is 6.78. The second kappa shape index (κ2) is 6.35. The van der Waals surface area contributed by atoms with Crippen molar-refractivity contribution in [2.75, 3.05) is 0 Å². The van der Waals surface area contributed by atoms with E-state index in [0.29, 0.717) is 11.5 Å². The summed E-state index contributed by atoms with van der Waals surface area (Å²) in [7, 11) is 0. The Morgan fingerprint density at radius 2 is 1.62 bits per heavy atom. The number of carboxylic acid groups (broad SMARTS) is 1. The van der Waals surface area contributed by atoms with E-state index in [-0.39, 0.29) is 11.4 Å². The van der Waals surface area contributed by atoms with E-state index >= 15 is 0 Å². The van der Waals surface area contributed by atoms with Crippen LogP contribution in [0.1, 0.15) is 36.5 Å². The molecule has 2 nitrogen and oxygen atoms in total. The molecule has 108 valence electrons. The number of aliphatic carboxylic acids is 1. The molecule has 0 spiro atoms. The number of halogens is 1. The lowest BCUT2D eigenvalue weighted by Crippen LogP contribution is -1.99. The van der Waals surface area contributed by atoms with E-state index in [1.165, 1.54) is 29.8 Å². The van der Waals surface area contributed by atoms with Crippen LogP contribution in [-0.4, -0.2) is 11.1 Å². The zero-order chi connectivity index (χ0) is 15.4. The largest absolute Gasteiger partial charge is 0.478 e. The Bertz CT molecular complexity index is 653. The Labute approximate surface area is 123 Å². The third-order valence-corrected chi connectivity index (χ3v) is 3.30. The second-order valence-corrected chi connectivity index (χ2v) is 5.19. The predicted molar refractivity (Wildman–Crippen MR) is 82.4 cm³/mol. The summed E-state index contributed by atoms with van der Waals surface area (Å²) in [6.07, 6.45) is 1.60. The predicted octanol–water partition coefficient (Wildman–Crippen LogP) is 4.57. The maximum atomic E-state index is 12.9. The Morgan fingerprint density at radius 1 is 1.05 bits per heavy atom. The van der Waals surface area contributed by atoms with Crippen LogP contribution in [0.25, 0.3) is 11.6 Å². The number of carbonyl (C=O) groups is 1. The van der Waals surface area contributed by atoms with Gasteiger partial charge in [-0.05, 0) is 40.8 Å². The first-order chi connectivity index (χ1) is 9.97. The minimum absolute atomic E-state index is 0.146. The molecule has 1 N–H and O–H groups in total. The van der Waals surface area contributed by atoms with Crippen LogP contribution in [-0.2, 0) is 4.79 Å². The highest BCUT2D eigenvalue weighted by Crippen LogP contribution is 2.21. The van der Waals surface area contributed by atoms with Crippen LogP contribution in [0.3, 0.4) is 0 Å². The van der Waals surface area contributed by atoms with Crippen LogP contribution in [0.4, 0.5) is 4.39 Å². The third-order valence-electron chi connectivity index (χ3n) is 3.30. The van der Waals surface area contributed by atoms with Crippen LogP contribution in [0.15, 0.2) is 48.5 Å². The first kappa shape index (κ1) is 15.0. The van der Waals surface area contributed by atoms with Crippen molar-refractivity contribution in [2.45, 2.75) is 19.8 Å². The van der Waals surface area contributed by atoms with Crippen molar-refractivity contribution in [2.24, 2.45) is 0 Å². The molecule has 0 aliphatic heterocycles. The Morgan fingerprint density at radius 3 is 2.10 bits per heavy atom. The van der Waals surface area contributed by atoms with E-state index in [4.69, 9.17) is 0 Å². The molecule has 0 saturated carbocycles. The summed E-state index contributed by atoms with van der Waals surface area (Å²) in [5, 5.41) is 9.34. The maximum Gasteiger partial charge on any atom is 0.336 e. The molecular weight excluding hydrogens is 267 g/mol. The molecule has 0 aliphatic rings. The Kier molecular flexibility index (Phi) is 4.53. The summed E-state index contributed by atoms with van der Waals surface area (Å²) in [6, 6.07) is 13.2. The van der Waals surface area contributed by atoms with Crippen molar-refractivity contribution in [3.8, 4) is 0 Å². The van der Waals surface area contributed by atoms with Gasteiger partial charge in [0.25, 0.3) is 0 Å². The monoisotopic (exact) mass is 284 g/mol. The van der Waals surface area contributed by atoms with Crippen LogP contribution < -0.4 is 0 Å². The van der Waals surface area contributed by atoms with Gasteiger partial charge in [0.2, 0.25) is 0 Å². The van der Waals surface area contributed by atoms with Crippen LogP contribution in [0.5, 0.6) is 0 Å². The fourth-order valence-corrected chi connectivity index (χ4v) is 2.04. The molecule has 21 heavy (non-hydrogen) atoms. The summed E-state index contributed by atoms with van der Waals surface area (Å²) in [5.41, 5.74) is 2.64. The van der Waals surface area contributed by atoms with Gasteiger partial charge in [-0.25, -0.2) is 9.18 Å². The van der Waals surface area contributed by atoms with Gasteiger partial charge in [0.15, 0.2) is 0 Å². The zero-order valence-corrected chi connectivity index (χ0v) is 12.0. The quantitative estimate of drug-likeness (QED) is 0.659. The number of benzene rings is 2. The Balaban J connectivity index is 2.37. The summed E-state index contributed by atoms with van der Waals surface area (Å²) < 4.78 is 12.9. The molecule has 0 saturated heterocycles. The van der Waals surface area contributed by atoms with Gasteiger partial charge >= 0.3 is 5.97 Å². The number of rotatable bonds is 4. The van der Waals surface area contributed by atoms with Crippen LogP contribution >= 0.6 is 0 Å². The molecule has 0 heterocycles. The summed E-state index contributed by atoms with van der Waals surface area (Å²) >= 11 is 0. The molecule has 0 unspecified atom stereocenters. The van der Waals surface area contributed by atoms with Crippen molar-refractivity contribution < 1.29 is 14.3 Å². The van der Waals surface area contributed by atoms with E-state index in [1.807, 2.05) is 24.3 Å². The fourth-order valence-electron chi connectivity index (χ4n) is 2.04. The van der Waals surface area contributed by atoms with Crippen molar-refractivity contribution >= 4 is 17.6 Å². The van der Waals surface area contributed by atoms with Crippen molar-refractivity contribution in [3.05, 3.63) is 71.0 Å². The van der Waals surface area contributed by atoms with Crippen LogP contribution in [0, 0.1) is 5.82 Å². The second-order valence-electron chi connectivity index (χ2n) is 5.19. The first-order valence-electron chi connectivity index (χ1n) is 6.78. The third kappa shape index (κ3) is 3.78. The van der Waals surface area contributed by atoms with Crippen molar-refractivity contribution in [1.82, 2.24) is 0 Å². The van der Waals surface area contributed by atoms with Gasteiger partial charge in [0, 0.05) is 0 Å². The standard InChI is InChI=1S/C18H17FO2/c1-12(2)14-5-3-13(4-6-14)11-17(18(20)21)15-7-9-16(19)10-8-15/h3-12H,1-2H3,(H,20,21)/b17-11+. The highest BCUT2D eigenvalue weighted by atomic mass is 19.1. The molecule has 0 radical (unpaired) electrons. The molecule has 2 rings (SSSR count). The summed E-state index contributed by atoms with van der Waals surface area (Å²) in [4.78, 5) is 11.4. The molecule has 0 fully saturated rings. The van der Waals surface area contributed by atoms with E-state index in [2.05, 4.69) is 13.8 Å². The summed E-state index contributed by atoms with van der Waals surface area (Å²) in [6.45, 7) is 4.21. The number of carboxylic acids is 1. The molecule has 3 heteroatoms. The normalized spacial score (nSPS) is 11.7. The van der Waals surface area contributed by atoms with Gasteiger partial charge in [0.1, 0.15) is 5.82 Å². The minimum atomic E-state index is -1.03. The fraction of sp³-hybridized carbons (Fsp3) is 0.167. The molecule has 2 aromatic rings. The lowest BCUT2D eigenvalue weighted by Gasteiger charge is -2.06. The van der Waals surface area contributed by atoms with Crippen LogP contribution in [0.2, 0.25) is 0 Å². The maximum absolute atomic E-state index is 12.9. The van der Waals surface area contributed by atoms with E-state index in [0.717, 1.165) is 5.56 Å². The van der Waals surface area contributed by atoms with E-state index in [1.54, 1.807) is 6.08 Å². The number of hydrogen-bond acceptors (Lipinski definition) is 1. The molecule has 0 amide bonds. The average Bonchev–Trinajstić information content (AvgIpc) is 2.46. The van der Waals surface area contributed by atoms with Crippen molar-refractivity contribution in [3.63, 3.8) is 0 Å². The number of hydrogen-bond donors (Lipinski definition) is 1. The molecule has 0 aromatic heterocycles. The van der Waals surface area contributed by atoms with Crippen molar-refractivity contribution in [1.29, 1.82) is 0 Å². The van der Waals surface area contributed by atoms with Gasteiger partial charge in [-0.15, -0.1) is 0 Å². The Hall–Kier alpha value is -2.42.